The number of aromatic hydroxyl groups is 1. The van der Waals surface area contributed by atoms with E-state index in [4.69, 9.17) is 0 Å². The van der Waals surface area contributed by atoms with E-state index in [-0.39, 0.29) is 6.04 Å². The van der Waals surface area contributed by atoms with Gasteiger partial charge in [0.2, 0.25) is 0 Å². The average molecular weight is 211 g/mol. The van der Waals surface area contributed by atoms with Crippen molar-refractivity contribution < 1.29 is 5.11 Å². The van der Waals surface area contributed by atoms with Crippen LogP contribution in [0.15, 0.2) is 48.5 Å². The van der Waals surface area contributed by atoms with Gasteiger partial charge in [-0.1, -0.05) is 36.4 Å². The Morgan fingerprint density at radius 2 is 1.94 bits per heavy atom. The Hall–Kier alpha value is -1.80. The summed E-state index contributed by atoms with van der Waals surface area (Å²) in [4.78, 5) is 0. The van der Waals surface area contributed by atoms with Crippen LogP contribution in [0.4, 0.5) is 0 Å². The zero-order valence-electron chi connectivity index (χ0n) is 8.85. The second-order valence-electron chi connectivity index (χ2n) is 4.11. The fraction of sp³-hybridized carbons (Fsp3) is 0.143. The number of hydrogen-bond acceptors (Lipinski definition) is 2. The van der Waals surface area contributed by atoms with Gasteiger partial charge in [0, 0.05) is 6.54 Å². The normalized spacial score (nSPS) is 18.4. The highest BCUT2D eigenvalue weighted by atomic mass is 16.3. The Morgan fingerprint density at radius 3 is 2.81 bits per heavy atom. The SMILES string of the molecule is Oc1cccc(C2NCc3ccccc32)c1. The highest BCUT2D eigenvalue weighted by Gasteiger charge is 2.22. The predicted octanol–water partition coefficient (Wildman–Crippen LogP) is 2.58. The molecule has 2 N–H and O–H groups in total. The summed E-state index contributed by atoms with van der Waals surface area (Å²) < 4.78 is 0. The molecule has 0 amide bonds. The largest absolute Gasteiger partial charge is 0.508 e. The van der Waals surface area contributed by atoms with Crippen LogP contribution in [0.3, 0.4) is 0 Å². The van der Waals surface area contributed by atoms with Gasteiger partial charge in [0.1, 0.15) is 5.75 Å². The molecule has 0 radical (unpaired) electrons. The van der Waals surface area contributed by atoms with E-state index in [9.17, 15) is 5.11 Å². The van der Waals surface area contributed by atoms with Crippen molar-refractivity contribution in [1.82, 2.24) is 5.32 Å². The van der Waals surface area contributed by atoms with Crippen molar-refractivity contribution in [3.8, 4) is 5.75 Å². The van der Waals surface area contributed by atoms with E-state index in [1.807, 2.05) is 18.2 Å². The molecule has 3 rings (SSSR count). The van der Waals surface area contributed by atoms with Crippen LogP contribution in [0.5, 0.6) is 5.75 Å². The third kappa shape index (κ3) is 1.48. The van der Waals surface area contributed by atoms with Gasteiger partial charge in [0.15, 0.2) is 0 Å². The van der Waals surface area contributed by atoms with E-state index in [1.54, 1.807) is 6.07 Å². The number of nitrogens with one attached hydrogen (secondary N) is 1. The van der Waals surface area contributed by atoms with Crippen LogP contribution in [0, 0.1) is 0 Å². The molecule has 1 unspecified atom stereocenters. The first-order chi connectivity index (χ1) is 7.84. The van der Waals surface area contributed by atoms with Crippen LogP contribution in [0.2, 0.25) is 0 Å². The molecule has 1 heterocycles. The highest BCUT2D eigenvalue weighted by Crippen LogP contribution is 2.31. The molecule has 2 heteroatoms. The quantitative estimate of drug-likeness (QED) is 0.760. The molecular formula is C14H13NO. The Labute approximate surface area is 94.6 Å². The predicted molar refractivity (Wildman–Crippen MR) is 63.2 cm³/mol. The van der Waals surface area contributed by atoms with E-state index in [1.165, 1.54) is 11.1 Å². The van der Waals surface area contributed by atoms with Crippen LogP contribution in [-0.2, 0) is 6.54 Å². The Balaban J connectivity index is 2.05. The summed E-state index contributed by atoms with van der Waals surface area (Å²) in [5, 5.41) is 12.9. The van der Waals surface area contributed by atoms with Crippen molar-refractivity contribution in [2.24, 2.45) is 0 Å². The van der Waals surface area contributed by atoms with Crippen LogP contribution in [0.25, 0.3) is 0 Å². The van der Waals surface area contributed by atoms with Gasteiger partial charge in [-0.25, -0.2) is 0 Å². The molecule has 2 aromatic carbocycles. The molecular weight excluding hydrogens is 198 g/mol. The van der Waals surface area contributed by atoms with Crippen LogP contribution in [0.1, 0.15) is 22.7 Å². The average Bonchev–Trinajstić information content (AvgIpc) is 2.72. The minimum Gasteiger partial charge on any atom is -0.508 e. The smallest absolute Gasteiger partial charge is 0.115 e. The first-order valence-electron chi connectivity index (χ1n) is 5.45. The topological polar surface area (TPSA) is 32.3 Å². The fourth-order valence-electron chi connectivity index (χ4n) is 2.30. The van der Waals surface area contributed by atoms with Crippen molar-refractivity contribution >= 4 is 0 Å². The second-order valence-corrected chi connectivity index (χ2v) is 4.11. The van der Waals surface area contributed by atoms with Gasteiger partial charge in [-0.3, -0.25) is 0 Å². The van der Waals surface area contributed by atoms with Gasteiger partial charge >= 0.3 is 0 Å². The summed E-state index contributed by atoms with van der Waals surface area (Å²) in [6.07, 6.45) is 0. The number of rotatable bonds is 1. The molecule has 0 saturated carbocycles. The number of benzene rings is 2. The first-order valence-corrected chi connectivity index (χ1v) is 5.45. The lowest BCUT2D eigenvalue weighted by Gasteiger charge is -2.12. The minimum absolute atomic E-state index is 0.211. The zero-order valence-corrected chi connectivity index (χ0v) is 8.85. The lowest BCUT2D eigenvalue weighted by molar-refractivity contribution is 0.473. The maximum absolute atomic E-state index is 9.49. The van der Waals surface area contributed by atoms with Crippen LogP contribution < -0.4 is 5.32 Å². The van der Waals surface area contributed by atoms with Crippen molar-refractivity contribution in [3.63, 3.8) is 0 Å². The lowest BCUT2D eigenvalue weighted by atomic mass is 9.98. The van der Waals surface area contributed by atoms with Crippen molar-refractivity contribution in [2.45, 2.75) is 12.6 Å². The maximum atomic E-state index is 9.49. The number of fused-ring (bicyclic) bond motifs is 1. The third-order valence-electron chi connectivity index (χ3n) is 3.07. The Kier molecular flexibility index (Phi) is 2.15. The fourth-order valence-corrected chi connectivity index (χ4v) is 2.30. The molecule has 2 nitrogen and oxygen atoms in total. The molecule has 0 spiro atoms. The highest BCUT2D eigenvalue weighted by molar-refractivity contribution is 5.42. The summed E-state index contributed by atoms with van der Waals surface area (Å²) in [5.74, 6) is 0.323. The van der Waals surface area contributed by atoms with E-state index in [0.717, 1.165) is 12.1 Å². The summed E-state index contributed by atoms with van der Waals surface area (Å²) in [6.45, 7) is 0.899. The summed E-state index contributed by atoms with van der Waals surface area (Å²) in [6, 6.07) is 16.1. The monoisotopic (exact) mass is 211 g/mol. The third-order valence-corrected chi connectivity index (χ3v) is 3.07. The second kappa shape index (κ2) is 3.65. The van der Waals surface area contributed by atoms with E-state index >= 15 is 0 Å². The Bertz CT molecular complexity index is 522. The summed E-state index contributed by atoms with van der Waals surface area (Å²) in [7, 11) is 0. The van der Waals surface area contributed by atoms with Crippen LogP contribution in [-0.4, -0.2) is 5.11 Å². The van der Waals surface area contributed by atoms with Gasteiger partial charge in [-0.05, 0) is 28.8 Å². The maximum Gasteiger partial charge on any atom is 0.115 e. The zero-order chi connectivity index (χ0) is 11.0. The molecule has 1 aliphatic rings. The standard InChI is InChI=1S/C14H13NO/c16-12-6-3-5-10(8-12)14-13-7-2-1-4-11(13)9-15-14/h1-8,14-16H,9H2. The van der Waals surface area contributed by atoms with Crippen LogP contribution >= 0.6 is 0 Å². The first kappa shape index (κ1) is 9.43. The van der Waals surface area contributed by atoms with Gasteiger partial charge in [-0.2, -0.15) is 0 Å². The van der Waals surface area contributed by atoms with Crippen molar-refractivity contribution in [2.75, 3.05) is 0 Å². The van der Waals surface area contributed by atoms with E-state index in [0.29, 0.717) is 5.75 Å². The van der Waals surface area contributed by atoms with E-state index < -0.39 is 0 Å². The van der Waals surface area contributed by atoms with Crippen molar-refractivity contribution in [1.29, 1.82) is 0 Å². The molecule has 0 bridgehead atoms. The van der Waals surface area contributed by atoms with Gasteiger partial charge in [-0.15, -0.1) is 0 Å². The number of phenols is 1. The minimum atomic E-state index is 0.211. The molecule has 0 fully saturated rings. The summed E-state index contributed by atoms with van der Waals surface area (Å²) >= 11 is 0. The van der Waals surface area contributed by atoms with Crippen molar-refractivity contribution in [3.05, 3.63) is 65.2 Å². The van der Waals surface area contributed by atoms with Gasteiger partial charge in [0.05, 0.1) is 6.04 Å². The van der Waals surface area contributed by atoms with Gasteiger partial charge < -0.3 is 10.4 Å². The molecule has 1 atom stereocenters. The molecule has 0 saturated heterocycles. The lowest BCUT2D eigenvalue weighted by Crippen LogP contribution is -2.12. The van der Waals surface area contributed by atoms with Gasteiger partial charge in [0.25, 0.3) is 0 Å². The molecule has 16 heavy (non-hydrogen) atoms. The summed E-state index contributed by atoms with van der Waals surface area (Å²) in [5.41, 5.74) is 3.77. The number of phenolic OH excluding ortho intramolecular Hbond substituents is 1. The molecule has 1 aliphatic heterocycles. The van der Waals surface area contributed by atoms with E-state index in [2.05, 4.69) is 29.6 Å². The molecule has 2 aromatic rings. The molecule has 80 valence electrons. The molecule has 0 aromatic heterocycles. The number of hydrogen-bond donors (Lipinski definition) is 2. The molecule has 0 aliphatic carbocycles. The Morgan fingerprint density at radius 1 is 1.06 bits per heavy atom.